The Labute approximate surface area is 117 Å². The standard InChI is InChI=1S/C16H16N4/c1-10(2)13-9-14(17)20-16(19-13)12-7-3-5-11-6-4-8-18-15(11)12/h3-10H,1-2H3,(H2,17,19,20). The average molecular weight is 264 g/mol. The normalized spacial score (nSPS) is 11.2. The second kappa shape index (κ2) is 4.89. The molecule has 0 aliphatic carbocycles. The molecular weight excluding hydrogens is 248 g/mol. The summed E-state index contributed by atoms with van der Waals surface area (Å²) in [5.74, 6) is 1.44. The number of pyridine rings is 1. The maximum absolute atomic E-state index is 5.91. The second-order valence-electron chi connectivity index (χ2n) is 5.08. The van der Waals surface area contributed by atoms with E-state index in [0.717, 1.165) is 22.2 Å². The molecule has 3 rings (SSSR count). The van der Waals surface area contributed by atoms with Crippen molar-refractivity contribution < 1.29 is 0 Å². The van der Waals surface area contributed by atoms with E-state index in [2.05, 4.69) is 28.8 Å². The van der Waals surface area contributed by atoms with Crippen LogP contribution >= 0.6 is 0 Å². The Kier molecular flexibility index (Phi) is 3.06. The first-order valence-electron chi connectivity index (χ1n) is 6.63. The van der Waals surface area contributed by atoms with E-state index < -0.39 is 0 Å². The lowest BCUT2D eigenvalue weighted by Crippen LogP contribution is -2.02. The second-order valence-corrected chi connectivity index (χ2v) is 5.08. The summed E-state index contributed by atoms with van der Waals surface area (Å²) >= 11 is 0. The van der Waals surface area contributed by atoms with Gasteiger partial charge in [-0.3, -0.25) is 4.98 Å². The zero-order chi connectivity index (χ0) is 14.1. The summed E-state index contributed by atoms with van der Waals surface area (Å²) in [7, 11) is 0. The van der Waals surface area contributed by atoms with Gasteiger partial charge in [-0.2, -0.15) is 0 Å². The number of nitrogen functional groups attached to an aromatic ring is 1. The molecule has 2 heterocycles. The fourth-order valence-corrected chi connectivity index (χ4v) is 2.19. The fourth-order valence-electron chi connectivity index (χ4n) is 2.19. The number of benzene rings is 1. The van der Waals surface area contributed by atoms with Crippen LogP contribution in [0, 0.1) is 0 Å². The van der Waals surface area contributed by atoms with Crippen LogP contribution in [0.4, 0.5) is 5.82 Å². The number of fused-ring (bicyclic) bond motifs is 1. The van der Waals surface area contributed by atoms with Crippen LogP contribution in [0.25, 0.3) is 22.3 Å². The van der Waals surface area contributed by atoms with Gasteiger partial charge in [0.25, 0.3) is 0 Å². The van der Waals surface area contributed by atoms with Crippen molar-refractivity contribution in [3.63, 3.8) is 0 Å². The highest BCUT2D eigenvalue weighted by Crippen LogP contribution is 2.26. The summed E-state index contributed by atoms with van der Waals surface area (Å²) in [5, 5.41) is 1.07. The Bertz CT molecular complexity index is 760. The van der Waals surface area contributed by atoms with Crippen molar-refractivity contribution in [3.05, 3.63) is 48.3 Å². The molecule has 0 spiro atoms. The van der Waals surface area contributed by atoms with Gasteiger partial charge in [0.15, 0.2) is 5.82 Å². The monoisotopic (exact) mass is 264 g/mol. The highest BCUT2D eigenvalue weighted by atomic mass is 15.0. The van der Waals surface area contributed by atoms with Crippen LogP contribution in [0.2, 0.25) is 0 Å². The van der Waals surface area contributed by atoms with Crippen molar-refractivity contribution in [3.8, 4) is 11.4 Å². The molecule has 100 valence electrons. The van der Waals surface area contributed by atoms with Gasteiger partial charge in [0.1, 0.15) is 5.82 Å². The molecule has 0 aliphatic rings. The number of anilines is 1. The van der Waals surface area contributed by atoms with Crippen LogP contribution in [0.15, 0.2) is 42.6 Å². The molecule has 0 bridgehead atoms. The van der Waals surface area contributed by atoms with Gasteiger partial charge in [-0.25, -0.2) is 9.97 Å². The molecule has 1 aromatic carbocycles. The Balaban J connectivity index is 2.25. The third-order valence-corrected chi connectivity index (χ3v) is 3.23. The molecule has 2 N–H and O–H groups in total. The molecule has 0 radical (unpaired) electrons. The molecule has 0 unspecified atom stereocenters. The first-order valence-corrected chi connectivity index (χ1v) is 6.63. The third kappa shape index (κ3) is 2.20. The van der Waals surface area contributed by atoms with Crippen LogP contribution in [-0.2, 0) is 0 Å². The van der Waals surface area contributed by atoms with Gasteiger partial charge in [-0.05, 0) is 18.1 Å². The van der Waals surface area contributed by atoms with Gasteiger partial charge in [-0.1, -0.05) is 32.0 Å². The van der Waals surface area contributed by atoms with Crippen LogP contribution in [0.5, 0.6) is 0 Å². The van der Waals surface area contributed by atoms with Gasteiger partial charge in [0.2, 0.25) is 0 Å². The molecule has 0 saturated carbocycles. The zero-order valence-electron chi connectivity index (χ0n) is 11.5. The molecular formula is C16H16N4. The van der Waals surface area contributed by atoms with Crippen molar-refractivity contribution in [2.24, 2.45) is 0 Å². The smallest absolute Gasteiger partial charge is 0.163 e. The van der Waals surface area contributed by atoms with Crippen LogP contribution in [0.1, 0.15) is 25.5 Å². The quantitative estimate of drug-likeness (QED) is 0.770. The molecule has 4 nitrogen and oxygen atoms in total. The number of nitrogens with zero attached hydrogens (tertiary/aromatic N) is 3. The van der Waals surface area contributed by atoms with Crippen LogP contribution in [-0.4, -0.2) is 15.0 Å². The Hall–Kier alpha value is -2.49. The summed E-state index contributed by atoms with van der Waals surface area (Å²) < 4.78 is 0. The van der Waals surface area contributed by atoms with Crippen molar-refractivity contribution >= 4 is 16.7 Å². The summed E-state index contributed by atoms with van der Waals surface area (Å²) in [5.41, 5.74) is 8.66. The minimum absolute atomic E-state index is 0.307. The number of aromatic nitrogens is 3. The summed E-state index contributed by atoms with van der Waals surface area (Å²) in [6.07, 6.45) is 1.78. The minimum atomic E-state index is 0.307. The summed E-state index contributed by atoms with van der Waals surface area (Å²) in [4.78, 5) is 13.4. The van der Waals surface area contributed by atoms with Gasteiger partial charge in [0, 0.05) is 28.9 Å². The molecule has 0 fully saturated rings. The highest BCUT2D eigenvalue weighted by Gasteiger charge is 2.11. The van der Waals surface area contributed by atoms with Crippen LogP contribution < -0.4 is 5.73 Å². The van der Waals surface area contributed by atoms with Gasteiger partial charge < -0.3 is 5.73 Å². The summed E-state index contributed by atoms with van der Waals surface area (Å²) in [6.45, 7) is 4.18. The predicted molar refractivity (Wildman–Crippen MR) is 81.3 cm³/mol. The Morgan fingerprint density at radius 3 is 2.65 bits per heavy atom. The van der Waals surface area contributed by atoms with Crippen molar-refractivity contribution in [1.29, 1.82) is 0 Å². The number of rotatable bonds is 2. The molecule has 4 heteroatoms. The molecule has 3 aromatic rings. The largest absolute Gasteiger partial charge is 0.384 e. The van der Waals surface area contributed by atoms with Crippen molar-refractivity contribution in [2.75, 3.05) is 5.73 Å². The van der Waals surface area contributed by atoms with E-state index in [1.165, 1.54) is 0 Å². The van der Waals surface area contributed by atoms with Gasteiger partial charge in [-0.15, -0.1) is 0 Å². The number of para-hydroxylation sites is 1. The Morgan fingerprint density at radius 2 is 1.85 bits per heavy atom. The van der Waals surface area contributed by atoms with E-state index in [-0.39, 0.29) is 0 Å². The number of hydrogen-bond donors (Lipinski definition) is 1. The maximum atomic E-state index is 5.91. The van der Waals surface area contributed by atoms with E-state index >= 15 is 0 Å². The minimum Gasteiger partial charge on any atom is -0.384 e. The predicted octanol–water partition coefficient (Wildman–Crippen LogP) is 3.40. The molecule has 20 heavy (non-hydrogen) atoms. The highest BCUT2D eigenvalue weighted by molar-refractivity contribution is 5.91. The molecule has 0 saturated heterocycles. The lowest BCUT2D eigenvalue weighted by atomic mass is 10.1. The van der Waals surface area contributed by atoms with E-state index in [4.69, 9.17) is 5.73 Å². The maximum Gasteiger partial charge on any atom is 0.163 e. The first kappa shape index (κ1) is 12.5. The third-order valence-electron chi connectivity index (χ3n) is 3.23. The molecule has 0 amide bonds. The van der Waals surface area contributed by atoms with E-state index in [1.807, 2.05) is 36.4 Å². The zero-order valence-corrected chi connectivity index (χ0v) is 11.5. The first-order chi connectivity index (χ1) is 9.65. The Morgan fingerprint density at radius 1 is 1.05 bits per heavy atom. The SMILES string of the molecule is CC(C)c1cc(N)nc(-c2cccc3cccnc23)n1. The lowest BCUT2D eigenvalue weighted by Gasteiger charge is -2.09. The van der Waals surface area contributed by atoms with Gasteiger partial charge >= 0.3 is 0 Å². The molecule has 0 atom stereocenters. The number of nitrogens with two attached hydrogens (primary N) is 1. The van der Waals surface area contributed by atoms with E-state index in [1.54, 1.807) is 6.20 Å². The van der Waals surface area contributed by atoms with Crippen molar-refractivity contribution in [2.45, 2.75) is 19.8 Å². The van der Waals surface area contributed by atoms with Crippen molar-refractivity contribution in [1.82, 2.24) is 15.0 Å². The van der Waals surface area contributed by atoms with Gasteiger partial charge in [0.05, 0.1) is 5.52 Å². The summed E-state index contributed by atoms with van der Waals surface area (Å²) in [6, 6.07) is 11.8. The topological polar surface area (TPSA) is 64.7 Å². The molecule has 0 aliphatic heterocycles. The average Bonchev–Trinajstić information content (AvgIpc) is 2.46. The lowest BCUT2D eigenvalue weighted by molar-refractivity contribution is 0.818. The number of hydrogen-bond acceptors (Lipinski definition) is 4. The fraction of sp³-hybridized carbons (Fsp3) is 0.188. The van der Waals surface area contributed by atoms with Crippen LogP contribution in [0.3, 0.4) is 0 Å². The van der Waals surface area contributed by atoms with E-state index in [9.17, 15) is 0 Å². The van der Waals surface area contributed by atoms with E-state index in [0.29, 0.717) is 17.6 Å². The molecule has 2 aromatic heterocycles.